The molecule has 0 heterocycles. The van der Waals surface area contributed by atoms with Crippen molar-refractivity contribution in [1.82, 2.24) is 0 Å². The van der Waals surface area contributed by atoms with Crippen LogP contribution in [0.4, 0.5) is 0 Å². The third-order valence-electron chi connectivity index (χ3n) is 3.33. The summed E-state index contributed by atoms with van der Waals surface area (Å²) in [6, 6.07) is 7.70. The van der Waals surface area contributed by atoms with Gasteiger partial charge in [-0.3, -0.25) is 0 Å². The van der Waals surface area contributed by atoms with E-state index in [1.807, 2.05) is 24.3 Å². The molecule has 0 fully saturated rings. The van der Waals surface area contributed by atoms with Gasteiger partial charge >= 0.3 is 0 Å². The first-order valence-corrected chi connectivity index (χ1v) is 7.10. The smallest absolute Gasteiger partial charge is 0.118 e. The molecular formula is C16H26O2. The Morgan fingerprint density at radius 3 is 2.22 bits per heavy atom. The molecule has 0 amide bonds. The number of rotatable bonds is 9. The van der Waals surface area contributed by atoms with Gasteiger partial charge in [-0.1, -0.05) is 57.6 Å². The molecule has 1 aromatic carbocycles. The predicted octanol–water partition coefficient (Wildman–Crippen LogP) is 4.48. The summed E-state index contributed by atoms with van der Waals surface area (Å²) in [5, 5.41) is 10.0. The highest BCUT2D eigenvalue weighted by Crippen LogP contribution is 2.22. The van der Waals surface area contributed by atoms with Crippen molar-refractivity contribution >= 4 is 0 Å². The number of methoxy groups -OCH3 is 1. The van der Waals surface area contributed by atoms with Crippen LogP contribution in [-0.2, 0) is 0 Å². The zero-order valence-electron chi connectivity index (χ0n) is 11.7. The Hall–Kier alpha value is -1.02. The summed E-state index contributed by atoms with van der Waals surface area (Å²) in [6.45, 7) is 2.23. The number of aliphatic hydroxyl groups excluding tert-OH is 1. The average molecular weight is 250 g/mol. The van der Waals surface area contributed by atoms with Crippen molar-refractivity contribution in [2.75, 3.05) is 7.11 Å². The number of benzene rings is 1. The molecule has 0 bridgehead atoms. The molecule has 0 aliphatic rings. The van der Waals surface area contributed by atoms with Gasteiger partial charge in [-0.2, -0.15) is 0 Å². The number of hydrogen-bond donors (Lipinski definition) is 1. The fraction of sp³-hybridized carbons (Fsp3) is 0.625. The zero-order valence-corrected chi connectivity index (χ0v) is 11.7. The quantitative estimate of drug-likeness (QED) is 0.655. The standard InChI is InChI=1S/C16H26O2/c1-3-4-5-6-7-8-9-16(17)14-10-12-15(18-2)13-11-14/h10-13,16-17H,3-9H2,1-2H3/t16-/m0/s1. The second kappa shape index (κ2) is 8.98. The molecule has 1 atom stereocenters. The maximum Gasteiger partial charge on any atom is 0.118 e. The van der Waals surface area contributed by atoms with Gasteiger partial charge in [0.05, 0.1) is 13.2 Å². The lowest BCUT2D eigenvalue weighted by atomic mass is 10.0. The topological polar surface area (TPSA) is 29.5 Å². The highest BCUT2D eigenvalue weighted by Gasteiger charge is 2.06. The summed E-state index contributed by atoms with van der Waals surface area (Å²) >= 11 is 0. The molecule has 102 valence electrons. The average Bonchev–Trinajstić information content (AvgIpc) is 2.42. The molecule has 0 aliphatic carbocycles. The minimum atomic E-state index is -0.331. The molecule has 0 radical (unpaired) electrons. The van der Waals surface area contributed by atoms with Crippen molar-refractivity contribution in [3.05, 3.63) is 29.8 Å². The molecule has 1 N–H and O–H groups in total. The van der Waals surface area contributed by atoms with Crippen LogP contribution in [0.3, 0.4) is 0 Å². The summed E-state index contributed by atoms with van der Waals surface area (Å²) in [4.78, 5) is 0. The first-order valence-electron chi connectivity index (χ1n) is 7.10. The van der Waals surface area contributed by atoms with Crippen LogP contribution in [0.15, 0.2) is 24.3 Å². The molecule has 0 unspecified atom stereocenters. The summed E-state index contributed by atoms with van der Waals surface area (Å²) in [5.74, 6) is 0.838. The minimum absolute atomic E-state index is 0.331. The van der Waals surface area contributed by atoms with E-state index in [1.54, 1.807) is 7.11 Å². The molecule has 0 saturated heterocycles. The van der Waals surface area contributed by atoms with Gasteiger partial charge in [0.2, 0.25) is 0 Å². The zero-order chi connectivity index (χ0) is 13.2. The van der Waals surface area contributed by atoms with E-state index in [9.17, 15) is 5.11 Å². The number of aliphatic hydroxyl groups is 1. The van der Waals surface area contributed by atoms with Crippen molar-refractivity contribution in [2.24, 2.45) is 0 Å². The fourth-order valence-electron chi connectivity index (χ4n) is 2.11. The van der Waals surface area contributed by atoms with Gasteiger partial charge < -0.3 is 9.84 Å². The normalized spacial score (nSPS) is 12.4. The molecule has 1 rings (SSSR count). The number of unbranched alkanes of at least 4 members (excludes halogenated alkanes) is 5. The van der Waals surface area contributed by atoms with Gasteiger partial charge in [-0.25, -0.2) is 0 Å². The van der Waals surface area contributed by atoms with Gasteiger partial charge in [0.1, 0.15) is 5.75 Å². The van der Waals surface area contributed by atoms with Crippen LogP contribution < -0.4 is 4.74 Å². The second-order valence-electron chi connectivity index (χ2n) is 4.85. The van der Waals surface area contributed by atoms with Crippen molar-refractivity contribution in [1.29, 1.82) is 0 Å². The molecule has 0 saturated carbocycles. The van der Waals surface area contributed by atoms with Gasteiger partial charge in [0.25, 0.3) is 0 Å². The maximum atomic E-state index is 10.0. The predicted molar refractivity (Wildman–Crippen MR) is 75.9 cm³/mol. The first kappa shape index (κ1) is 15.0. The van der Waals surface area contributed by atoms with Gasteiger partial charge in [-0.05, 0) is 24.1 Å². The Kier molecular flexibility index (Phi) is 7.51. The summed E-state index contributed by atoms with van der Waals surface area (Å²) in [7, 11) is 1.65. The molecule has 0 aromatic heterocycles. The van der Waals surface area contributed by atoms with Crippen molar-refractivity contribution < 1.29 is 9.84 Å². The summed E-state index contributed by atoms with van der Waals surface area (Å²) in [5.41, 5.74) is 0.990. The number of hydrogen-bond acceptors (Lipinski definition) is 2. The monoisotopic (exact) mass is 250 g/mol. The van der Waals surface area contributed by atoms with E-state index in [0.29, 0.717) is 0 Å². The van der Waals surface area contributed by atoms with Crippen LogP contribution in [-0.4, -0.2) is 12.2 Å². The minimum Gasteiger partial charge on any atom is -0.497 e. The molecule has 2 heteroatoms. The molecular weight excluding hydrogens is 224 g/mol. The van der Waals surface area contributed by atoms with Crippen LogP contribution in [0.2, 0.25) is 0 Å². The Morgan fingerprint density at radius 1 is 1.00 bits per heavy atom. The largest absolute Gasteiger partial charge is 0.497 e. The van der Waals surface area contributed by atoms with Gasteiger partial charge in [0.15, 0.2) is 0 Å². The van der Waals surface area contributed by atoms with Crippen LogP contribution in [0.25, 0.3) is 0 Å². The second-order valence-corrected chi connectivity index (χ2v) is 4.85. The lowest BCUT2D eigenvalue weighted by Gasteiger charge is -2.11. The lowest BCUT2D eigenvalue weighted by Crippen LogP contribution is -1.97. The van der Waals surface area contributed by atoms with Gasteiger partial charge in [0, 0.05) is 0 Å². The van der Waals surface area contributed by atoms with E-state index in [-0.39, 0.29) is 6.10 Å². The molecule has 0 spiro atoms. The third kappa shape index (κ3) is 5.54. The Labute approximate surface area is 111 Å². The van der Waals surface area contributed by atoms with Crippen molar-refractivity contribution in [2.45, 2.75) is 58.0 Å². The summed E-state index contributed by atoms with van der Waals surface area (Å²) in [6.07, 6.45) is 8.11. The highest BCUT2D eigenvalue weighted by molar-refractivity contribution is 5.28. The van der Waals surface area contributed by atoms with E-state index in [1.165, 1.54) is 32.1 Å². The van der Waals surface area contributed by atoms with E-state index in [4.69, 9.17) is 4.74 Å². The van der Waals surface area contributed by atoms with Crippen LogP contribution >= 0.6 is 0 Å². The molecule has 18 heavy (non-hydrogen) atoms. The van der Waals surface area contributed by atoms with E-state index in [2.05, 4.69) is 6.92 Å². The fourth-order valence-corrected chi connectivity index (χ4v) is 2.11. The number of ether oxygens (including phenoxy) is 1. The lowest BCUT2D eigenvalue weighted by molar-refractivity contribution is 0.163. The van der Waals surface area contributed by atoms with Gasteiger partial charge in [-0.15, -0.1) is 0 Å². The van der Waals surface area contributed by atoms with Crippen molar-refractivity contribution in [3.63, 3.8) is 0 Å². The third-order valence-corrected chi connectivity index (χ3v) is 3.33. The molecule has 1 aromatic rings. The Morgan fingerprint density at radius 2 is 1.61 bits per heavy atom. The SMILES string of the molecule is CCCCCCCC[C@H](O)c1ccc(OC)cc1. The highest BCUT2D eigenvalue weighted by atomic mass is 16.5. The van der Waals surface area contributed by atoms with Crippen LogP contribution in [0, 0.1) is 0 Å². The van der Waals surface area contributed by atoms with Crippen LogP contribution in [0.1, 0.15) is 63.5 Å². The van der Waals surface area contributed by atoms with Crippen LogP contribution in [0.5, 0.6) is 5.75 Å². The molecule has 2 nitrogen and oxygen atoms in total. The molecule has 0 aliphatic heterocycles. The Balaban J connectivity index is 2.21. The Bertz CT molecular complexity index is 305. The summed E-state index contributed by atoms with van der Waals surface area (Å²) < 4.78 is 5.10. The van der Waals surface area contributed by atoms with E-state index in [0.717, 1.165) is 24.2 Å². The maximum absolute atomic E-state index is 10.0. The van der Waals surface area contributed by atoms with E-state index < -0.39 is 0 Å². The van der Waals surface area contributed by atoms with E-state index >= 15 is 0 Å². The first-order chi connectivity index (χ1) is 8.77. The van der Waals surface area contributed by atoms with Crippen molar-refractivity contribution in [3.8, 4) is 5.75 Å².